The van der Waals surface area contributed by atoms with Crippen molar-refractivity contribution < 1.29 is 9.90 Å². The molecule has 1 aliphatic rings. The predicted octanol–water partition coefficient (Wildman–Crippen LogP) is 4.34. The average molecular weight is 423 g/mol. The quantitative estimate of drug-likeness (QED) is 0.453. The number of carboxylic acids is 1. The molecule has 30 heavy (non-hydrogen) atoms. The third-order valence-electron chi connectivity index (χ3n) is 5.26. The molecule has 0 amide bonds. The molecule has 154 valence electrons. The highest BCUT2D eigenvalue weighted by Crippen LogP contribution is 2.27. The number of carbonyl (C=O) groups is 1. The second-order valence-electron chi connectivity index (χ2n) is 7.26. The van der Waals surface area contributed by atoms with E-state index in [-0.39, 0.29) is 11.6 Å². The summed E-state index contributed by atoms with van der Waals surface area (Å²) in [7, 11) is 0. The van der Waals surface area contributed by atoms with Gasteiger partial charge in [-0.1, -0.05) is 29.8 Å². The molecule has 0 unspecified atom stereocenters. The molecule has 0 spiro atoms. The fraction of sp³-hybridized carbons (Fsp3) is 0.217. The lowest BCUT2D eigenvalue weighted by molar-refractivity contribution is 0.0697. The van der Waals surface area contributed by atoms with E-state index in [0.717, 1.165) is 30.2 Å². The first kappa shape index (κ1) is 20.2. The van der Waals surface area contributed by atoms with Crippen LogP contribution in [-0.4, -0.2) is 29.1 Å². The lowest BCUT2D eigenvalue weighted by Gasteiger charge is -2.28. The molecule has 4 rings (SSSR count). The first-order chi connectivity index (χ1) is 14.6. The predicted molar refractivity (Wildman–Crippen MR) is 119 cm³/mol. The number of benzene rings is 2. The second kappa shape index (κ2) is 9.15. The van der Waals surface area contributed by atoms with Gasteiger partial charge < -0.3 is 21.1 Å². The molecule has 0 bridgehead atoms. The van der Waals surface area contributed by atoms with E-state index in [1.165, 1.54) is 29.0 Å². The number of aromatic carboxylic acids is 1. The largest absolute Gasteiger partial charge is 0.478 e. The second-order valence-corrected chi connectivity index (χ2v) is 7.69. The Hall–Kier alpha value is -3.09. The summed E-state index contributed by atoms with van der Waals surface area (Å²) in [6.07, 6.45) is 3.99. The first-order valence-corrected chi connectivity index (χ1v) is 10.2. The first-order valence-electron chi connectivity index (χ1n) is 9.86. The highest BCUT2D eigenvalue weighted by molar-refractivity contribution is 6.30. The van der Waals surface area contributed by atoms with Crippen LogP contribution in [0.25, 0.3) is 0 Å². The van der Waals surface area contributed by atoms with Crippen LogP contribution in [0.2, 0.25) is 5.02 Å². The number of fused-ring (bicyclic) bond motifs is 1. The minimum atomic E-state index is -0.965. The molecule has 6 nitrogen and oxygen atoms in total. The Morgan fingerprint density at radius 1 is 1.17 bits per heavy atom. The van der Waals surface area contributed by atoms with E-state index in [2.05, 4.69) is 39.1 Å². The number of halogens is 1. The van der Waals surface area contributed by atoms with E-state index in [0.29, 0.717) is 12.2 Å². The smallest absolute Gasteiger partial charge is 0.337 e. The van der Waals surface area contributed by atoms with E-state index in [4.69, 9.17) is 11.6 Å². The summed E-state index contributed by atoms with van der Waals surface area (Å²) in [6, 6.07) is 15.9. The van der Waals surface area contributed by atoms with Gasteiger partial charge in [0.1, 0.15) is 0 Å². The van der Waals surface area contributed by atoms with E-state index in [1.54, 1.807) is 6.20 Å². The Balaban J connectivity index is 1.43. The van der Waals surface area contributed by atoms with Gasteiger partial charge in [0.25, 0.3) is 0 Å². The summed E-state index contributed by atoms with van der Waals surface area (Å²) in [4.78, 5) is 15.4. The Morgan fingerprint density at radius 3 is 2.80 bits per heavy atom. The fourth-order valence-corrected chi connectivity index (χ4v) is 3.81. The number of anilines is 2. The number of nitrogens with zero attached hydrogens (tertiary/aromatic N) is 1. The molecule has 2 aromatic carbocycles. The van der Waals surface area contributed by atoms with Crippen LogP contribution in [0.1, 0.15) is 33.1 Å². The molecular weight excluding hydrogens is 400 g/mol. The normalized spacial score (nSPS) is 15.3. The van der Waals surface area contributed by atoms with Crippen LogP contribution in [0.3, 0.4) is 0 Å². The molecule has 0 radical (unpaired) electrons. The highest BCUT2D eigenvalue weighted by atomic mass is 35.5. The summed E-state index contributed by atoms with van der Waals surface area (Å²) in [5.41, 5.74) is 5.53. The van der Waals surface area contributed by atoms with E-state index in [1.807, 2.05) is 24.3 Å². The van der Waals surface area contributed by atoms with Crippen molar-refractivity contribution in [3.05, 3.63) is 88.2 Å². The van der Waals surface area contributed by atoms with Crippen molar-refractivity contribution in [3.63, 3.8) is 0 Å². The summed E-state index contributed by atoms with van der Waals surface area (Å²) in [5, 5.41) is 20.3. The molecular formula is C23H23ClN4O2. The van der Waals surface area contributed by atoms with Crippen molar-refractivity contribution in [2.75, 3.05) is 23.7 Å². The summed E-state index contributed by atoms with van der Waals surface area (Å²) < 4.78 is 0. The van der Waals surface area contributed by atoms with E-state index < -0.39 is 5.97 Å². The molecule has 3 aromatic rings. The van der Waals surface area contributed by atoms with Gasteiger partial charge in [0, 0.05) is 36.0 Å². The minimum Gasteiger partial charge on any atom is -0.478 e. The molecule has 1 atom stereocenters. The maximum Gasteiger partial charge on any atom is 0.337 e. The van der Waals surface area contributed by atoms with Crippen molar-refractivity contribution in [2.24, 2.45) is 0 Å². The maximum absolute atomic E-state index is 11.4. The van der Waals surface area contributed by atoms with E-state index in [9.17, 15) is 9.90 Å². The van der Waals surface area contributed by atoms with Gasteiger partial charge in [0.15, 0.2) is 0 Å². The van der Waals surface area contributed by atoms with E-state index >= 15 is 0 Å². The van der Waals surface area contributed by atoms with Crippen molar-refractivity contribution in [1.82, 2.24) is 10.3 Å². The van der Waals surface area contributed by atoms with Crippen LogP contribution < -0.4 is 16.0 Å². The standard InChI is InChI=1S/C23H23ClN4O2/c24-17-3-1-15(2-4-17)12-27-18-5-6-19-16(11-18)7-10-26-22(19)14-28-21-13-25-9-8-20(21)23(29)30/h1-6,8-9,11,13,22,26-28H,7,10,12,14H2,(H,29,30)/t22-/m0/s1. The number of pyridine rings is 1. The molecule has 1 aromatic heterocycles. The Morgan fingerprint density at radius 2 is 2.00 bits per heavy atom. The number of rotatable bonds is 7. The Labute approximate surface area is 180 Å². The number of hydrogen-bond donors (Lipinski definition) is 4. The van der Waals surface area contributed by atoms with Crippen LogP contribution in [0.4, 0.5) is 11.4 Å². The van der Waals surface area contributed by atoms with Crippen LogP contribution in [0.15, 0.2) is 60.9 Å². The zero-order valence-corrected chi connectivity index (χ0v) is 17.1. The van der Waals surface area contributed by atoms with Crippen LogP contribution in [-0.2, 0) is 13.0 Å². The van der Waals surface area contributed by atoms with Gasteiger partial charge in [-0.2, -0.15) is 0 Å². The average Bonchev–Trinajstić information content (AvgIpc) is 2.77. The minimum absolute atomic E-state index is 0.0981. The molecule has 4 N–H and O–H groups in total. The summed E-state index contributed by atoms with van der Waals surface area (Å²) in [5.74, 6) is -0.965. The van der Waals surface area contributed by atoms with Gasteiger partial charge in [-0.15, -0.1) is 0 Å². The summed E-state index contributed by atoms with van der Waals surface area (Å²) in [6.45, 7) is 2.19. The molecule has 1 aliphatic heterocycles. The van der Waals surface area contributed by atoms with Crippen LogP contribution in [0, 0.1) is 0 Å². The van der Waals surface area contributed by atoms with Crippen molar-refractivity contribution >= 4 is 28.9 Å². The number of hydrogen-bond acceptors (Lipinski definition) is 5. The molecule has 0 fully saturated rings. The lowest BCUT2D eigenvalue weighted by atomic mass is 9.93. The number of nitrogens with one attached hydrogen (secondary N) is 3. The topological polar surface area (TPSA) is 86.3 Å². The fourth-order valence-electron chi connectivity index (χ4n) is 3.69. The van der Waals surface area contributed by atoms with Crippen LogP contribution in [0.5, 0.6) is 0 Å². The third kappa shape index (κ3) is 4.72. The van der Waals surface area contributed by atoms with Crippen molar-refractivity contribution in [3.8, 4) is 0 Å². The van der Waals surface area contributed by atoms with Gasteiger partial charge >= 0.3 is 5.97 Å². The summed E-state index contributed by atoms with van der Waals surface area (Å²) >= 11 is 5.95. The molecule has 7 heteroatoms. The Kier molecular flexibility index (Phi) is 6.16. The van der Waals surface area contributed by atoms with Crippen molar-refractivity contribution in [1.29, 1.82) is 0 Å². The highest BCUT2D eigenvalue weighted by Gasteiger charge is 2.20. The maximum atomic E-state index is 11.4. The molecule has 2 heterocycles. The van der Waals surface area contributed by atoms with Gasteiger partial charge in [0.2, 0.25) is 0 Å². The third-order valence-corrected chi connectivity index (χ3v) is 5.51. The lowest BCUT2D eigenvalue weighted by Crippen LogP contribution is -2.34. The van der Waals surface area contributed by atoms with Gasteiger partial charge in [-0.3, -0.25) is 4.98 Å². The van der Waals surface area contributed by atoms with Gasteiger partial charge in [-0.25, -0.2) is 4.79 Å². The zero-order chi connectivity index (χ0) is 20.9. The zero-order valence-electron chi connectivity index (χ0n) is 16.4. The molecule has 0 saturated carbocycles. The molecule has 0 aliphatic carbocycles. The van der Waals surface area contributed by atoms with Crippen LogP contribution >= 0.6 is 11.6 Å². The van der Waals surface area contributed by atoms with Gasteiger partial charge in [-0.05, 0) is 60.0 Å². The van der Waals surface area contributed by atoms with Crippen molar-refractivity contribution in [2.45, 2.75) is 19.0 Å². The van der Waals surface area contributed by atoms with Gasteiger partial charge in [0.05, 0.1) is 17.4 Å². The monoisotopic (exact) mass is 422 g/mol. The SMILES string of the molecule is O=C(O)c1ccncc1NC[C@@H]1NCCc2cc(NCc3ccc(Cl)cc3)ccc21. The number of carboxylic acid groups (broad SMARTS) is 1. The molecule has 0 saturated heterocycles. The Bertz CT molecular complexity index is 1040. The number of aromatic nitrogens is 1.